The van der Waals surface area contributed by atoms with E-state index in [-0.39, 0.29) is 0 Å². The lowest BCUT2D eigenvalue weighted by atomic mass is 10.1. The normalized spacial score (nSPS) is 10.4. The Labute approximate surface area is 111 Å². The van der Waals surface area contributed by atoms with Gasteiger partial charge in [-0.1, -0.05) is 12.1 Å². The summed E-state index contributed by atoms with van der Waals surface area (Å²) in [6, 6.07) is 7.45. The van der Waals surface area contributed by atoms with E-state index in [0.717, 1.165) is 17.5 Å². The van der Waals surface area contributed by atoms with Crippen LogP contribution in [0.5, 0.6) is 0 Å². The lowest BCUT2D eigenvalue weighted by molar-refractivity contribution is 0.114. The van der Waals surface area contributed by atoms with Crippen molar-refractivity contribution in [2.75, 3.05) is 6.61 Å². The van der Waals surface area contributed by atoms with Crippen LogP contribution >= 0.6 is 0 Å². The predicted molar refractivity (Wildman–Crippen MR) is 69.1 cm³/mol. The zero-order valence-corrected chi connectivity index (χ0v) is 11.0. The van der Waals surface area contributed by atoms with Crippen LogP contribution in [0.25, 0.3) is 11.5 Å². The molecule has 0 fully saturated rings. The van der Waals surface area contributed by atoms with Crippen LogP contribution in [0.3, 0.4) is 0 Å². The van der Waals surface area contributed by atoms with E-state index >= 15 is 0 Å². The van der Waals surface area contributed by atoms with Gasteiger partial charge in [0.2, 0.25) is 0 Å². The van der Waals surface area contributed by atoms with Gasteiger partial charge in [0, 0.05) is 12.2 Å². The van der Waals surface area contributed by atoms with Gasteiger partial charge in [0.15, 0.2) is 5.82 Å². The summed E-state index contributed by atoms with van der Waals surface area (Å²) in [6.07, 6.45) is 0.958. The summed E-state index contributed by atoms with van der Waals surface area (Å²) in [6.45, 7) is 4.99. The van der Waals surface area contributed by atoms with Crippen LogP contribution in [0.2, 0.25) is 0 Å². The summed E-state index contributed by atoms with van der Waals surface area (Å²) in [5, 5.41) is 12.7. The largest absolute Gasteiger partial charge is 0.373 e. The average molecular weight is 257 g/mol. The van der Waals surface area contributed by atoms with Crippen molar-refractivity contribution in [3.63, 3.8) is 0 Å². The van der Waals surface area contributed by atoms with Crippen LogP contribution in [0.15, 0.2) is 22.7 Å². The zero-order valence-electron chi connectivity index (χ0n) is 11.0. The van der Waals surface area contributed by atoms with Crippen LogP contribution < -0.4 is 0 Å². The van der Waals surface area contributed by atoms with Crippen LogP contribution in [0, 0.1) is 18.3 Å². The molecule has 5 nitrogen and oxygen atoms in total. The van der Waals surface area contributed by atoms with Crippen molar-refractivity contribution in [1.82, 2.24) is 10.1 Å². The van der Waals surface area contributed by atoms with Gasteiger partial charge < -0.3 is 9.26 Å². The van der Waals surface area contributed by atoms with E-state index in [4.69, 9.17) is 14.5 Å². The van der Waals surface area contributed by atoms with Crippen molar-refractivity contribution in [3.8, 4) is 17.5 Å². The highest BCUT2D eigenvalue weighted by molar-refractivity contribution is 5.60. The molecule has 19 heavy (non-hydrogen) atoms. The highest BCUT2D eigenvalue weighted by Gasteiger charge is 2.11. The minimum absolute atomic E-state index is 0.354. The summed E-state index contributed by atoms with van der Waals surface area (Å²) in [7, 11) is 0. The lowest BCUT2D eigenvalue weighted by Crippen LogP contribution is -1.95. The van der Waals surface area contributed by atoms with Gasteiger partial charge in [-0.3, -0.25) is 0 Å². The van der Waals surface area contributed by atoms with Crippen molar-refractivity contribution < 1.29 is 9.26 Å². The van der Waals surface area contributed by atoms with Crippen molar-refractivity contribution in [3.05, 3.63) is 35.2 Å². The molecular formula is C14H15N3O2. The van der Waals surface area contributed by atoms with Gasteiger partial charge in [0.25, 0.3) is 5.89 Å². The van der Waals surface area contributed by atoms with Crippen molar-refractivity contribution in [2.45, 2.75) is 26.9 Å². The van der Waals surface area contributed by atoms with E-state index in [1.54, 1.807) is 12.1 Å². The van der Waals surface area contributed by atoms with Crippen molar-refractivity contribution in [1.29, 1.82) is 5.26 Å². The summed E-state index contributed by atoms with van der Waals surface area (Å²) in [5.41, 5.74) is 2.39. The molecule has 5 heteroatoms. The van der Waals surface area contributed by atoms with Gasteiger partial charge in [0.1, 0.15) is 6.61 Å². The molecule has 0 aliphatic carbocycles. The minimum Gasteiger partial charge on any atom is -0.373 e. The van der Waals surface area contributed by atoms with Crippen LogP contribution in [-0.4, -0.2) is 16.7 Å². The van der Waals surface area contributed by atoms with E-state index in [1.807, 2.05) is 19.9 Å². The van der Waals surface area contributed by atoms with E-state index in [0.29, 0.717) is 30.5 Å². The fourth-order valence-electron chi connectivity index (χ4n) is 1.70. The summed E-state index contributed by atoms with van der Waals surface area (Å²) in [5.74, 6) is 0.990. The highest BCUT2D eigenvalue weighted by Crippen LogP contribution is 2.22. The molecule has 0 unspecified atom stereocenters. The molecule has 0 saturated carbocycles. The van der Waals surface area contributed by atoms with Crippen molar-refractivity contribution in [2.24, 2.45) is 0 Å². The Morgan fingerprint density at radius 2 is 2.26 bits per heavy atom. The van der Waals surface area contributed by atoms with Crippen LogP contribution in [0.4, 0.5) is 0 Å². The maximum atomic E-state index is 8.83. The maximum Gasteiger partial charge on any atom is 0.258 e. The third kappa shape index (κ3) is 3.18. The molecule has 2 aromatic rings. The van der Waals surface area contributed by atoms with Gasteiger partial charge in [-0.2, -0.15) is 10.2 Å². The summed E-state index contributed by atoms with van der Waals surface area (Å²) in [4.78, 5) is 4.28. The van der Waals surface area contributed by atoms with Gasteiger partial charge in [-0.25, -0.2) is 0 Å². The second kappa shape index (κ2) is 6.12. The van der Waals surface area contributed by atoms with E-state index in [2.05, 4.69) is 16.2 Å². The number of benzene rings is 1. The average Bonchev–Trinajstić information content (AvgIpc) is 2.87. The number of hydrogen-bond acceptors (Lipinski definition) is 5. The maximum absolute atomic E-state index is 8.83. The van der Waals surface area contributed by atoms with Crippen molar-refractivity contribution >= 4 is 0 Å². The molecule has 0 saturated heterocycles. The summed E-state index contributed by atoms with van der Waals surface area (Å²) >= 11 is 0. The first-order valence-corrected chi connectivity index (χ1v) is 6.16. The lowest BCUT2D eigenvalue weighted by Gasteiger charge is -2.00. The third-order valence-electron chi connectivity index (χ3n) is 2.63. The highest BCUT2D eigenvalue weighted by atomic mass is 16.5. The molecule has 0 spiro atoms. The molecule has 98 valence electrons. The molecule has 0 N–H and O–H groups in total. The van der Waals surface area contributed by atoms with Gasteiger partial charge in [-0.05, 0) is 37.1 Å². The number of hydrogen-bond donors (Lipinski definition) is 0. The zero-order chi connectivity index (χ0) is 13.7. The SMILES string of the molecule is CCCOCc1noc(-c2ccc(C#N)cc2C)n1. The molecule has 1 heterocycles. The number of ether oxygens (including phenoxy) is 1. The quantitative estimate of drug-likeness (QED) is 0.770. The number of aromatic nitrogens is 2. The standard InChI is InChI=1S/C14H15N3O2/c1-3-6-18-9-13-16-14(19-17-13)12-5-4-11(8-15)7-10(12)2/h4-5,7H,3,6,9H2,1-2H3. The Morgan fingerprint density at radius 3 is 2.95 bits per heavy atom. The Kier molecular flexibility index (Phi) is 4.26. The molecule has 2 rings (SSSR count). The Morgan fingerprint density at radius 1 is 1.42 bits per heavy atom. The fraction of sp³-hybridized carbons (Fsp3) is 0.357. The smallest absolute Gasteiger partial charge is 0.258 e. The second-order valence-corrected chi connectivity index (χ2v) is 4.21. The monoisotopic (exact) mass is 257 g/mol. The summed E-state index contributed by atoms with van der Waals surface area (Å²) < 4.78 is 10.6. The minimum atomic E-state index is 0.354. The first-order valence-electron chi connectivity index (χ1n) is 6.16. The molecule has 1 aromatic carbocycles. The second-order valence-electron chi connectivity index (χ2n) is 4.21. The van der Waals surface area contributed by atoms with E-state index in [9.17, 15) is 0 Å². The molecule has 0 aliphatic rings. The first-order chi connectivity index (χ1) is 9.24. The Hall–Kier alpha value is -2.19. The molecule has 0 bridgehead atoms. The molecule has 0 amide bonds. The third-order valence-corrected chi connectivity index (χ3v) is 2.63. The van der Waals surface area contributed by atoms with Gasteiger partial charge >= 0.3 is 0 Å². The molecule has 1 aromatic heterocycles. The molecule has 0 aliphatic heterocycles. The van der Waals surface area contributed by atoms with Gasteiger partial charge in [-0.15, -0.1) is 0 Å². The predicted octanol–water partition coefficient (Wildman–Crippen LogP) is 2.84. The number of aryl methyl sites for hydroxylation is 1. The Bertz CT molecular complexity index is 599. The molecule has 0 radical (unpaired) electrons. The molecular weight excluding hydrogens is 242 g/mol. The topological polar surface area (TPSA) is 71.9 Å². The Balaban J connectivity index is 2.16. The van der Waals surface area contributed by atoms with Gasteiger partial charge in [0.05, 0.1) is 11.6 Å². The number of nitrogens with zero attached hydrogens (tertiary/aromatic N) is 3. The first kappa shape index (κ1) is 13.2. The number of nitriles is 1. The number of rotatable bonds is 5. The van der Waals surface area contributed by atoms with E-state index in [1.165, 1.54) is 0 Å². The molecule has 0 atom stereocenters. The van der Waals surface area contributed by atoms with Crippen LogP contribution in [0.1, 0.15) is 30.3 Å². The van der Waals surface area contributed by atoms with E-state index < -0.39 is 0 Å². The van der Waals surface area contributed by atoms with Crippen LogP contribution in [-0.2, 0) is 11.3 Å². The fourth-order valence-corrected chi connectivity index (χ4v) is 1.70.